The van der Waals surface area contributed by atoms with Crippen molar-refractivity contribution in [2.24, 2.45) is 0 Å². The molecule has 1 amide bonds. The fourth-order valence-electron chi connectivity index (χ4n) is 2.95. The molecule has 1 N–H and O–H groups in total. The smallest absolute Gasteiger partial charge is 0.265 e. The number of nitrogens with one attached hydrogen (secondary N) is 1. The second-order valence-electron chi connectivity index (χ2n) is 6.26. The lowest BCUT2D eigenvalue weighted by molar-refractivity contribution is -0.131. The quantitative estimate of drug-likeness (QED) is 0.754. The number of benzene rings is 1. The summed E-state index contributed by atoms with van der Waals surface area (Å²) in [4.78, 5) is 14.1. The van der Waals surface area contributed by atoms with Crippen LogP contribution in [0.3, 0.4) is 0 Å². The molecule has 3 rings (SSSR count). The number of rotatable bonds is 5. The Morgan fingerprint density at radius 3 is 2.59 bits per heavy atom. The minimum atomic E-state index is -3.96. The maximum atomic E-state index is 12.7. The summed E-state index contributed by atoms with van der Waals surface area (Å²) in [5, 5.41) is 8.69. The van der Waals surface area contributed by atoms with Crippen LogP contribution in [0.5, 0.6) is 0 Å². The Balaban J connectivity index is 1.72. The van der Waals surface area contributed by atoms with Gasteiger partial charge in [0.05, 0.1) is 11.4 Å². The van der Waals surface area contributed by atoms with Crippen molar-refractivity contribution in [3.05, 3.63) is 32.7 Å². The van der Waals surface area contributed by atoms with Gasteiger partial charge in [0.2, 0.25) is 11.0 Å². The van der Waals surface area contributed by atoms with Gasteiger partial charge in [0.1, 0.15) is 9.90 Å². The highest BCUT2D eigenvalue weighted by Crippen LogP contribution is 2.31. The summed E-state index contributed by atoms with van der Waals surface area (Å²) < 4.78 is 27.7. The zero-order valence-corrected chi connectivity index (χ0v) is 17.7. The van der Waals surface area contributed by atoms with Crippen molar-refractivity contribution in [3.8, 4) is 0 Å². The first kappa shape index (κ1) is 20.3. The minimum Gasteiger partial charge on any atom is -0.342 e. The second kappa shape index (κ2) is 8.30. The monoisotopic (exact) mass is 448 g/mol. The number of halogens is 2. The number of hydrogen-bond donors (Lipinski definition) is 1. The first-order chi connectivity index (χ1) is 12.8. The summed E-state index contributed by atoms with van der Waals surface area (Å²) >= 11 is 13.0. The van der Waals surface area contributed by atoms with E-state index in [4.69, 9.17) is 23.2 Å². The van der Waals surface area contributed by atoms with E-state index >= 15 is 0 Å². The molecule has 0 atom stereocenters. The van der Waals surface area contributed by atoms with Crippen LogP contribution in [0.15, 0.2) is 17.0 Å². The molecule has 0 aliphatic carbocycles. The molecular weight excluding hydrogens is 431 g/mol. The molecule has 1 aromatic heterocycles. The zero-order chi connectivity index (χ0) is 19.6. The average molecular weight is 449 g/mol. The van der Waals surface area contributed by atoms with Crippen molar-refractivity contribution in [3.63, 3.8) is 0 Å². The molecule has 1 aromatic carbocycles. The molecule has 27 heavy (non-hydrogen) atoms. The van der Waals surface area contributed by atoms with Gasteiger partial charge in [-0.15, -0.1) is 10.2 Å². The van der Waals surface area contributed by atoms with Gasteiger partial charge in [-0.25, -0.2) is 8.42 Å². The van der Waals surface area contributed by atoms with Crippen molar-refractivity contribution in [2.75, 3.05) is 17.8 Å². The fourth-order valence-corrected chi connectivity index (χ4v) is 6.10. The van der Waals surface area contributed by atoms with Crippen LogP contribution in [0.1, 0.15) is 29.8 Å². The predicted octanol–water partition coefficient (Wildman–Crippen LogP) is 3.51. The first-order valence-electron chi connectivity index (χ1n) is 8.35. The molecule has 11 heteroatoms. The minimum absolute atomic E-state index is 0.0168. The highest BCUT2D eigenvalue weighted by Gasteiger charge is 2.24. The summed E-state index contributed by atoms with van der Waals surface area (Å²) in [6, 6.07) is 2.89. The molecule has 0 saturated carbocycles. The summed E-state index contributed by atoms with van der Waals surface area (Å²) in [5.74, 6) is -0.0168. The van der Waals surface area contributed by atoms with E-state index in [1.54, 1.807) is 6.92 Å². The molecule has 2 aromatic rings. The number of amides is 1. The van der Waals surface area contributed by atoms with Crippen molar-refractivity contribution in [1.29, 1.82) is 0 Å². The van der Waals surface area contributed by atoms with Crippen LogP contribution in [0.4, 0.5) is 5.13 Å². The standard InChI is InChI=1S/C16H18Cl2N4O3S2/c1-10-7-11(17)8-12(18)15(10)27(24,25)21-16-20-19-13(26-16)9-14(23)22-5-3-2-4-6-22/h7-8H,2-6,9H2,1H3,(H,20,21). The van der Waals surface area contributed by atoms with Gasteiger partial charge in [0, 0.05) is 18.1 Å². The number of aryl methyl sites for hydroxylation is 1. The lowest BCUT2D eigenvalue weighted by Crippen LogP contribution is -2.36. The molecule has 1 aliphatic rings. The highest BCUT2D eigenvalue weighted by molar-refractivity contribution is 7.93. The van der Waals surface area contributed by atoms with Crippen LogP contribution < -0.4 is 4.72 Å². The van der Waals surface area contributed by atoms with Gasteiger partial charge in [0.15, 0.2) is 0 Å². The molecule has 0 bridgehead atoms. The van der Waals surface area contributed by atoms with E-state index in [1.807, 2.05) is 4.90 Å². The Morgan fingerprint density at radius 1 is 1.22 bits per heavy atom. The van der Waals surface area contributed by atoms with E-state index in [-0.39, 0.29) is 27.4 Å². The predicted molar refractivity (Wildman–Crippen MR) is 106 cm³/mol. The van der Waals surface area contributed by atoms with Gasteiger partial charge in [-0.3, -0.25) is 9.52 Å². The average Bonchev–Trinajstić information content (AvgIpc) is 3.00. The van der Waals surface area contributed by atoms with E-state index in [9.17, 15) is 13.2 Å². The third-order valence-electron chi connectivity index (χ3n) is 4.16. The SMILES string of the molecule is Cc1cc(Cl)cc(Cl)c1S(=O)(=O)Nc1nnc(CC(=O)N2CCCCC2)s1. The van der Waals surface area contributed by atoms with E-state index < -0.39 is 10.0 Å². The number of aromatic nitrogens is 2. The molecule has 0 unspecified atom stereocenters. The maximum Gasteiger partial charge on any atom is 0.265 e. The van der Waals surface area contributed by atoms with E-state index in [1.165, 1.54) is 12.1 Å². The molecule has 2 heterocycles. The Bertz CT molecular complexity index is 933. The highest BCUT2D eigenvalue weighted by atomic mass is 35.5. The molecule has 146 valence electrons. The number of sulfonamides is 1. The number of piperidine rings is 1. The Morgan fingerprint density at radius 2 is 1.93 bits per heavy atom. The first-order valence-corrected chi connectivity index (χ1v) is 11.4. The largest absolute Gasteiger partial charge is 0.342 e. The van der Waals surface area contributed by atoms with E-state index in [0.717, 1.165) is 43.7 Å². The van der Waals surface area contributed by atoms with Crippen LogP contribution in [-0.2, 0) is 21.2 Å². The van der Waals surface area contributed by atoms with E-state index in [2.05, 4.69) is 14.9 Å². The van der Waals surface area contributed by atoms with E-state index in [0.29, 0.717) is 15.6 Å². The van der Waals surface area contributed by atoms with Gasteiger partial charge >= 0.3 is 0 Å². The van der Waals surface area contributed by atoms with Crippen LogP contribution in [0.25, 0.3) is 0 Å². The topological polar surface area (TPSA) is 92.3 Å². The van der Waals surface area contributed by atoms with Gasteiger partial charge in [0.25, 0.3) is 10.0 Å². The Hall–Kier alpha value is -1.42. The lowest BCUT2D eigenvalue weighted by Gasteiger charge is -2.26. The summed E-state index contributed by atoms with van der Waals surface area (Å²) in [6.07, 6.45) is 3.27. The van der Waals surface area contributed by atoms with Gasteiger partial charge in [-0.2, -0.15) is 0 Å². The van der Waals surface area contributed by atoms with Crippen molar-refractivity contribution < 1.29 is 13.2 Å². The number of likely N-dealkylation sites (tertiary alicyclic amines) is 1. The third-order valence-corrected chi connectivity index (χ3v) is 7.30. The molecule has 0 spiro atoms. The number of hydrogen-bond acceptors (Lipinski definition) is 6. The molecule has 7 nitrogen and oxygen atoms in total. The number of carbonyl (C=O) groups excluding carboxylic acids is 1. The van der Waals surface area contributed by atoms with Crippen LogP contribution in [0, 0.1) is 6.92 Å². The Labute approximate surface area is 171 Å². The van der Waals surface area contributed by atoms with Crippen LogP contribution in [0.2, 0.25) is 10.0 Å². The summed E-state index contributed by atoms with van der Waals surface area (Å²) in [6.45, 7) is 3.12. The van der Waals surface area contributed by atoms with Gasteiger partial charge < -0.3 is 4.90 Å². The molecule has 1 fully saturated rings. The van der Waals surface area contributed by atoms with Gasteiger partial charge in [-0.1, -0.05) is 34.5 Å². The number of carbonyl (C=O) groups is 1. The normalized spacial score (nSPS) is 15.0. The molecule has 1 saturated heterocycles. The van der Waals surface area contributed by atoms with Crippen molar-refractivity contribution >= 4 is 55.6 Å². The van der Waals surface area contributed by atoms with Crippen molar-refractivity contribution in [2.45, 2.75) is 37.5 Å². The third kappa shape index (κ3) is 4.90. The van der Waals surface area contributed by atoms with Crippen LogP contribution in [-0.4, -0.2) is 42.5 Å². The molecule has 0 radical (unpaired) electrons. The number of nitrogens with zero attached hydrogens (tertiary/aromatic N) is 3. The molecule has 1 aliphatic heterocycles. The van der Waals surface area contributed by atoms with Crippen molar-refractivity contribution in [1.82, 2.24) is 15.1 Å². The second-order valence-corrected chi connectivity index (χ2v) is 9.78. The molecular formula is C16H18Cl2N4O3S2. The maximum absolute atomic E-state index is 12.7. The van der Waals surface area contributed by atoms with Crippen LogP contribution >= 0.6 is 34.5 Å². The fraction of sp³-hybridized carbons (Fsp3) is 0.438. The van der Waals surface area contributed by atoms with Gasteiger partial charge in [-0.05, 0) is 43.9 Å². The Kier molecular flexibility index (Phi) is 6.25. The summed E-state index contributed by atoms with van der Waals surface area (Å²) in [5.41, 5.74) is 0.421. The zero-order valence-electron chi connectivity index (χ0n) is 14.5. The summed E-state index contributed by atoms with van der Waals surface area (Å²) in [7, 11) is -3.96. The lowest BCUT2D eigenvalue weighted by atomic mass is 10.1. The number of anilines is 1.